The van der Waals surface area contributed by atoms with Crippen LogP contribution in [0.25, 0.3) is 10.9 Å². The minimum atomic E-state index is -0.0371. The largest absolute Gasteiger partial charge is 0.345 e. The Morgan fingerprint density at radius 1 is 1.04 bits per heavy atom. The third kappa shape index (κ3) is 3.02. The van der Waals surface area contributed by atoms with Gasteiger partial charge in [0.15, 0.2) is 0 Å². The van der Waals surface area contributed by atoms with Crippen LogP contribution in [0.2, 0.25) is 0 Å². The van der Waals surface area contributed by atoms with E-state index in [0.29, 0.717) is 0 Å². The van der Waals surface area contributed by atoms with Gasteiger partial charge in [-0.15, -0.1) is 0 Å². The molecule has 1 unspecified atom stereocenters. The van der Waals surface area contributed by atoms with E-state index in [-0.39, 0.29) is 11.9 Å². The number of nitrogens with one attached hydrogen (secondary N) is 1. The lowest BCUT2D eigenvalue weighted by molar-refractivity contribution is 0.0936. The molecule has 1 heterocycles. The smallest absolute Gasteiger partial charge is 0.252 e. The number of fused-ring (bicyclic) bond motifs is 1. The van der Waals surface area contributed by atoms with E-state index in [1.165, 1.54) is 0 Å². The van der Waals surface area contributed by atoms with E-state index < -0.39 is 0 Å². The van der Waals surface area contributed by atoms with E-state index in [2.05, 4.69) is 29.4 Å². The lowest BCUT2D eigenvalue weighted by atomic mass is 9.99. The van der Waals surface area contributed by atoms with Gasteiger partial charge in [-0.05, 0) is 37.5 Å². The van der Waals surface area contributed by atoms with Crippen molar-refractivity contribution in [3.05, 3.63) is 77.0 Å². The molecule has 24 heavy (non-hydrogen) atoms. The molecule has 122 valence electrons. The molecule has 0 saturated heterocycles. The van der Waals surface area contributed by atoms with Crippen molar-refractivity contribution < 1.29 is 4.79 Å². The Morgan fingerprint density at radius 3 is 2.42 bits per heavy atom. The van der Waals surface area contributed by atoms with Gasteiger partial charge in [-0.2, -0.15) is 0 Å². The number of carbonyl (C=O) groups excluding carboxylic acids is 1. The minimum absolute atomic E-state index is 0.00494. The molecule has 3 nitrogen and oxygen atoms in total. The van der Waals surface area contributed by atoms with E-state index in [0.717, 1.165) is 39.7 Å². The van der Waals surface area contributed by atoms with Crippen LogP contribution in [-0.2, 0) is 0 Å². The van der Waals surface area contributed by atoms with Crippen LogP contribution in [0.3, 0.4) is 0 Å². The van der Waals surface area contributed by atoms with Crippen molar-refractivity contribution in [1.82, 2.24) is 10.3 Å². The van der Waals surface area contributed by atoms with E-state index in [9.17, 15) is 4.79 Å². The molecule has 1 N–H and O–H groups in total. The molecule has 1 aromatic heterocycles. The third-order valence-corrected chi connectivity index (χ3v) is 4.52. The molecule has 0 radical (unpaired) electrons. The predicted molar refractivity (Wildman–Crippen MR) is 98.2 cm³/mol. The number of para-hydroxylation sites is 1. The topological polar surface area (TPSA) is 42.0 Å². The van der Waals surface area contributed by atoms with Crippen molar-refractivity contribution in [3.8, 4) is 0 Å². The highest BCUT2D eigenvalue weighted by molar-refractivity contribution is 6.07. The molecule has 0 saturated carbocycles. The number of carbonyl (C=O) groups is 1. The molecule has 3 rings (SSSR count). The van der Waals surface area contributed by atoms with Crippen molar-refractivity contribution in [2.75, 3.05) is 0 Å². The quantitative estimate of drug-likeness (QED) is 0.755. The molecular weight excluding hydrogens is 296 g/mol. The van der Waals surface area contributed by atoms with Crippen molar-refractivity contribution in [2.45, 2.75) is 33.2 Å². The van der Waals surface area contributed by atoms with Gasteiger partial charge in [0.25, 0.3) is 5.91 Å². The molecule has 1 amide bonds. The van der Waals surface area contributed by atoms with Crippen LogP contribution in [0.4, 0.5) is 0 Å². The first-order valence-electron chi connectivity index (χ1n) is 8.33. The monoisotopic (exact) mass is 318 g/mol. The predicted octanol–water partition coefficient (Wildman–Crippen LogP) is 4.73. The number of amides is 1. The zero-order valence-electron chi connectivity index (χ0n) is 14.3. The molecule has 0 aliphatic carbocycles. The molecule has 0 aliphatic heterocycles. The molecule has 3 heteroatoms. The number of pyridine rings is 1. The van der Waals surface area contributed by atoms with E-state index >= 15 is 0 Å². The maximum absolute atomic E-state index is 13.0. The average molecular weight is 318 g/mol. The zero-order chi connectivity index (χ0) is 17.1. The molecule has 0 spiro atoms. The Hall–Kier alpha value is -2.68. The lowest BCUT2D eigenvalue weighted by Crippen LogP contribution is -2.29. The summed E-state index contributed by atoms with van der Waals surface area (Å²) in [5.41, 5.74) is 4.55. The Kier molecular flexibility index (Phi) is 4.61. The van der Waals surface area contributed by atoms with Gasteiger partial charge in [0, 0.05) is 11.1 Å². The van der Waals surface area contributed by atoms with Crippen molar-refractivity contribution >= 4 is 16.8 Å². The van der Waals surface area contributed by atoms with Gasteiger partial charge in [0.05, 0.1) is 17.1 Å². The molecule has 1 atom stereocenters. The summed E-state index contributed by atoms with van der Waals surface area (Å²) in [6.07, 6.45) is 0.844. The van der Waals surface area contributed by atoms with E-state index in [1.807, 2.05) is 56.3 Å². The Labute approximate surface area is 142 Å². The first-order valence-corrected chi connectivity index (χ1v) is 8.33. The SMILES string of the molecule is CCC(NC(=O)c1c(C)c(C)nc2ccccc12)c1ccccc1. The number of aryl methyl sites for hydroxylation is 1. The van der Waals surface area contributed by atoms with Gasteiger partial charge in [0.2, 0.25) is 0 Å². The Morgan fingerprint density at radius 2 is 1.71 bits per heavy atom. The molecule has 0 fully saturated rings. The second-order valence-electron chi connectivity index (χ2n) is 6.06. The van der Waals surface area contributed by atoms with Crippen LogP contribution in [0.5, 0.6) is 0 Å². The number of aromatic nitrogens is 1. The summed E-state index contributed by atoms with van der Waals surface area (Å²) in [7, 11) is 0. The third-order valence-electron chi connectivity index (χ3n) is 4.52. The summed E-state index contributed by atoms with van der Waals surface area (Å²) in [5.74, 6) is -0.0371. The summed E-state index contributed by atoms with van der Waals surface area (Å²) in [5, 5.41) is 4.10. The van der Waals surface area contributed by atoms with Gasteiger partial charge >= 0.3 is 0 Å². The van der Waals surface area contributed by atoms with E-state index in [4.69, 9.17) is 0 Å². The first-order chi connectivity index (χ1) is 11.6. The highest BCUT2D eigenvalue weighted by Gasteiger charge is 2.19. The Balaban J connectivity index is 2.01. The van der Waals surface area contributed by atoms with Crippen LogP contribution in [0, 0.1) is 13.8 Å². The van der Waals surface area contributed by atoms with Gasteiger partial charge in [-0.1, -0.05) is 55.5 Å². The highest BCUT2D eigenvalue weighted by atomic mass is 16.1. The maximum atomic E-state index is 13.0. The summed E-state index contributed by atoms with van der Waals surface area (Å²) >= 11 is 0. The zero-order valence-corrected chi connectivity index (χ0v) is 14.3. The number of hydrogen-bond acceptors (Lipinski definition) is 2. The Bertz CT molecular complexity index is 872. The fourth-order valence-corrected chi connectivity index (χ4v) is 3.06. The van der Waals surface area contributed by atoms with Crippen LogP contribution in [0.15, 0.2) is 54.6 Å². The second-order valence-corrected chi connectivity index (χ2v) is 6.06. The minimum Gasteiger partial charge on any atom is -0.345 e. The summed E-state index contributed by atoms with van der Waals surface area (Å²) in [6, 6.07) is 17.9. The number of hydrogen-bond donors (Lipinski definition) is 1. The molecular formula is C21H22N2O. The van der Waals surface area contributed by atoms with Crippen molar-refractivity contribution in [3.63, 3.8) is 0 Å². The number of rotatable bonds is 4. The standard InChI is InChI=1S/C21H22N2O/c1-4-18(16-10-6-5-7-11-16)23-21(24)20-14(2)15(3)22-19-13-9-8-12-17(19)20/h5-13,18H,4H2,1-3H3,(H,23,24). The van der Waals surface area contributed by atoms with Gasteiger partial charge < -0.3 is 5.32 Å². The molecule has 3 aromatic rings. The maximum Gasteiger partial charge on any atom is 0.252 e. The van der Waals surface area contributed by atoms with Gasteiger partial charge in [0.1, 0.15) is 0 Å². The molecule has 0 bridgehead atoms. The highest BCUT2D eigenvalue weighted by Crippen LogP contribution is 2.24. The summed E-state index contributed by atoms with van der Waals surface area (Å²) in [6.45, 7) is 6.00. The van der Waals surface area contributed by atoms with Crippen LogP contribution >= 0.6 is 0 Å². The molecule has 0 aliphatic rings. The number of nitrogens with zero attached hydrogens (tertiary/aromatic N) is 1. The second kappa shape index (κ2) is 6.83. The van der Waals surface area contributed by atoms with Crippen molar-refractivity contribution in [2.24, 2.45) is 0 Å². The fourth-order valence-electron chi connectivity index (χ4n) is 3.06. The summed E-state index contributed by atoms with van der Waals surface area (Å²) in [4.78, 5) is 17.6. The average Bonchev–Trinajstić information content (AvgIpc) is 2.61. The van der Waals surface area contributed by atoms with Gasteiger partial charge in [-0.3, -0.25) is 9.78 Å². The van der Waals surface area contributed by atoms with Crippen molar-refractivity contribution in [1.29, 1.82) is 0 Å². The fraction of sp³-hybridized carbons (Fsp3) is 0.238. The summed E-state index contributed by atoms with van der Waals surface area (Å²) < 4.78 is 0. The first kappa shape index (κ1) is 16.2. The number of benzene rings is 2. The van der Waals surface area contributed by atoms with E-state index in [1.54, 1.807) is 0 Å². The van der Waals surface area contributed by atoms with Gasteiger partial charge in [-0.25, -0.2) is 0 Å². The molecule has 2 aromatic carbocycles. The lowest BCUT2D eigenvalue weighted by Gasteiger charge is -2.19. The van der Waals surface area contributed by atoms with Crippen LogP contribution in [0.1, 0.15) is 46.6 Å². The van der Waals surface area contributed by atoms with Crippen LogP contribution in [-0.4, -0.2) is 10.9 Å². The normalized spacial score (nSPS) is 12.1. The van der Waals surface area contributed by atoms with Crippen LogP contribution < -0.4 is 5.32 Å².